The molecule has 1 heterocycles. The fourth-order valence-corrected chi connectivity index (χ4v) is 2.24. The first-order valence-corrected chi connectivity index (χ1v) is 6.83. The standard InChI is InChI=1S/C15H18N2S/c1-3-6-11-7-5-8-12(9-11)13-10-15(18)17-14(4-2)16-13/h5,7-10H,3-4,6H2,1-2H3,(H,16,17,18). The number of nitrogens with one attached hydrogen (secondary N) is 1. The predicted octanol–water partition coefficient (Wildman–Crippen LogP) is 4.32. The molecule has 3 heteroatoms. The molecule has 0 bridgehead atoms. The van der Waals surface area contributed by atoms with Crippen molar-refractivity contribution in [1.29, 1.82) is 0 Å². The molecule has 2 rings (SSSR count). The van der Waals surface area contributed by atoms with Gasteiger partial charge in [0.05, 0.1) is 0 Å². The lowest BCUT2D eigenvalue weighted by atomic mass is 10.0. The number of benzene rings is 1. The quantitative estimate of drug-likeness (QED) is 0.827. The molecule has 0 saturated carbocycles. The van der Waals surface area contributed by atoms with Crippen molar-refractivity contribution in [2.45, 2.75) is 33.1 Å². The van der Waals surface area contributed by atoms with Crippen LogP contribution in [0, 0.1) is 4.64 Å². The Morgan fingerprint density at radius 1 is 1.22 bits per heavy atom. The maximum Gasteiger partial charge on any atom is 0.130 e. The lowest BCUT2D eigenvalue weighted by Crippen LogP contribution is -1.95. The van der Waals surface area contributed by atoms with E-state index in [1.165, 1.54) is 11.1 Å². The van der Waals surface area contributed by atoms with Crippen molar-refractivity contribution in [2.24, 2.45) is 0 Å². The van der Waals surface area contributed by atoms with Gasteiger partial charge in [0.15, 0.2) is 0 Å². The fourth-order valence-electron chi connectivity index (χ4n) is 2.01. The van der Waals surface area contributed by atoms with Crippen LogP contribution < -0.4 is 0 Å². The summed E-state index contributed by atoms with van der Waals surface area (Å²) in [6.07, 6.45) is 3.14. The number of nitrogens with zero attached hydrogens (tertiary/aromatic N) is 1. The van der Waals surface area contributed by atoms with Gasteiger partial charge in [-0.15, -0.1) is 0 Å². The normalized spacial score (nSPS) is 10.6. The Kier molecular flexibility index (Phi) is 4.26. The zero-order valence-electron chi connectivity index (χ0n) is 10.9. The highest BCUT2D eigenvalue weighted by molar-refractivity contribution is 7.71. The highest BCUT2D eigenvalue weighted by atomic mass is 32.1. The molecule has 0 unspecified atom stereocenters. The topological polar surface area (TPSA) is 28.7 Å². The second-order valence-electron chi connectivity index (χ2n) is 4.38. The maximum absolute atomic E-state index is 5.21. The van der Waals surface area contributed by atoms with Crippen molar-refractivity contribution in [1.82, 2.24) is 9.97 Å². The van der Waals surface area contributed by atoms with Gasteiger partial charge in [0.25, 0.3) is 0 Å². The van der Waals surface area contributed by atoms with Gasteiger partial charge in [-0.2, -0.15) is 0 Å². The summed E-state index contributed by atoms with van der Waals surface area (Å²) in [6, 6.07) is 10.5. The third-order valence-corrected chi connectivity index (χ3v) is 3.11. The first-order valence-electron chi connectivity index (χ1n) is 6.42. The second-order valence-corrected chi connectivity index (χ2v) is 4.80. The van der Waals surface area contributed by atoms with E-state index >= 15 is 0 Å². The molecule has 1 aromatic heterocycles. The highest BCUT2D eigenvalue weighted by Gasteiger charge is 2.02. The lowest BCUT2D eigenvalue weighted by molar-refractivity contribution is 0.919. The van der Waals surface area contributed by atoms with Crippen LogP contribution in [-0.2, 0) is 12.8 Å². The molecule has 2 aromatic rings. The van der Waals surface area contributed by atoms with Crippen molar-refractivity contribution in [3.05, 3.63) is 46.4 Å². The Morgan fingerprint density at radius 2 is 2.06 bits per heavy atom. The summed E-state index contributed by atoms with van der Waals surface area (Å²) in [4.78, 5) is 7.64. The molecule has 0 aliphatic carbocycles. The number of aromatic nitrogens is 2. The Morgan fingerprint density at radius 3 is 2.78 bits per heavy atom. The van der Waals surface area contributed by atoms with Crippen LogP contribution in [0.1, 0.15) is 31.7 Å². The Bertz CT molecular complexity index is 587. The van der Waals surface area contributed by atoms with Gasteiger partial charge in [-0.3, -0.25) is 0 Å². The third-order valence-electron chi connectivity index (χ3n) is 2.90. The van der Waals surface area contributed by atoms with Gasteiger partial charge in [-0.25, -0.2) is 4.98 Å². The van der Waals surface area contributed by atoms with Gasteiger partial charge in [0.2, 0.25) is 0 Å². The van der Waals surface area contributed by atoms with Crippen molar-refractivity contribution in [3.8, 4) is 11.3 Å². The summed E-state index contributed by atoms with van der Waals surface area (Å²) in [5, 5.41) is 0. The summed E-state index contributed by atoms with van der Waals surface area (Å²) < 4.78 is 0.654. The molecule has 0 aliphatic heterocycles. The van der Waals surface area contributed by atoms with Gasteiger partial charge in [-0.05, 0) is 29.7 Å². The minimum atomic E-state index is 0.654. The zero-order chi connectivity index (χ0) is 13.0. The summed E-state index contributed by atoms with van der Waals surface area (Å²) in [7, 11) is 0. The predicted molar refractivity (Wildman–Crippen MR) is 78.2 cm³/mol. The van der Waals surface area contributed by atoms with Crippen molar-refractivity contribution < 1.29 is 0 Å². The van der Waals surface area contributed by atoms with Gasteiger partial charge < -0.3 is 4.98 Å². The van der Waals surface area contributed by atoms with Gasteiger partial charge in [0, 0.05) is 12.1 Å². The molecule has 2 nitrogen and oxygen atoms in total. The van der Waals surface area contributed by atoms with Crippen molar-refractivity contribution >= 4 is 12.2 Å². The molecule has 0 spiro atoms. The van der Waals surface area contributed by atoms with E-state index in [1.807, 2.05) is 6.07 Å². The van der Waals surface area contributed by atoms with Crippen LogP contribution in [0.4, 0.5) is 0 Å². The number of hydrogen-bond acceptors (Lipinski definition) is 2. The minimum Gasteiger partial charge on any atom is -0.343 e. The van der Waals surface area contributed by atoms with E-state index in [2.05, 4.69) is 48.1 Å². The average Bonchev–Trinajstić information content (AvgIpc) is 2.39. The number of H-pyrrole nitrogens is 1. The van der Waals surface area contributed by atoms with Crippen molar-refractivity contribution in [2.75, 3.05) is 0 Å². The molecule has 0 fully saturated rings. The molecular weight excluding hydrogens is 240 g/mol. The monoisotopic (exact) mass is 258 g/mol. The van der Waals surface area contributed by atoms with Crippen LogP contribution in [-0.4, -0.2) is 9.97 Å². The molecule has 1 N–H and O–H groups in total. The lowest BCUT2D eigenvalue weighted by Gasteiger charge is -2.07. The Balaban J connectivity index is 2.44. The van der Waals surface area contributed by atoms with E-state index < -0.39 is 0 Å². The van der Waals surface area contributed by atoms with Crippen LogP contribution in [0.5, 0.6) is 0 Å². The fraction of sp³-hybridized carbons (Fsp3) is 0.333. The van der Waals surface area contributed by atoms with Crippen LogP contribution in [0.15, 0.2) is 30.3 Å². The number of rotatable bonds is 4. The summed E-state index contributed by atoms with van der Waals surface area (Å²) in [6.45, 7) is 4.27. The second kappa shape index (κ2) is 5.91. The van der Waals surface area contributed by atoms with Gasteiger partial charge in [-0.1, -0.05) is 50.7 Å². The van der Waals surface area contributed by atoms with Gasteiger partial charge in [0.1, 0.15) is 10.5 Å². The van der Waals surface area contributed by atoms with E-state index in [9.17, 15) is 0 Å². The van der Waals surface area contributed by atoms with E-state index in [1.54, 1.807) is 0 Å². The van der Waals surface area contributed by atoms with E-state index in [-0.39, 0.29) is 0 Å². The van der Waals surface area contributed by atoms with Crippen LogP contribution in [0.25, 0.3) is 11.3 Å². The largest absolute Gasteiger partial charge is 0.343 e. The van der Waals surface area contributed by atoms with Crippen LogP contribution in [0.3, 0.4) is 0 Å². The summed E-state index contributed by atoms with van der Waals surface area (Å²) >= 11 is 5.21. The molecular formula is C15H18N2S. The average molecular weight is 258 g/mol. The molecule has 0 atom stereocenters. The summed E-state index contributed by atoms with van der Waals surface area (Å²) in [5.41, 5.74) is 3.61. The molecule has 0 aliphatic rings. The molecule has 0 saturated heterocycles. The van der Waals surface area contributed by atoms with Crippen molar-refractivity contribution in [3.63, 3.8) is 0 Å². The van der Waals surface area contributed by atoms with E-state index in [0.29, 0.717) is 4.64 Å². The molecule has 0 amide bonds. The number of aromatic amines is 1. The zero-order valence-corrected chi connectivity index (χ0v) is 11.7. The number of aryl methyl sites for hydroxylation is 2. The van der Waals surface area contributed by atoms with E-state index in [4.69, 9.17) is 12.2 Å². The number of hydrogen-bond donors (Lipinski definition) is 1. The first-order chi connectivity index (χ1) is 8.72. The maximum atomic E-state index is 5.21. The smallest absolute Gasteiger partial charge is 0.130 e. The minimum absolute atomic E-state index is 0.654. The molecule has 0 radical (unpaired) electrons. The first kappa shape index (κ1) is 13.0. The van der Waals surface area contributed by atoms with E-state index in [0.717, 1.165) is 30.8 Å². The molecule has 94 valence electrons. The Hall–Kier alpha value is -1.48. The SMILES string of the molecule is CCCc1cccc(-c2cc(=S)nc(CC)[nH]2)c1. The molecule has 1 aromatic carbocycles. The highest BCUT2D eigenvalue weighted by Crippen LogP contribution is 2.19. The van der Waals surface area contributed by atoms with Crippen LogP contribution >= 0.6 is 12.2 Å². The van der Waals surface area contributed by atoms with Crippen LogP contribution in [0.2, 0.25) is 0 Å². The van der Waals surface area contributed by atoms with Gasteiger partial charge >= 0.3 is 0 Å². The molecule has 18 heavy (non-hydrogen) atoms. The third kappa shape index (κ3) is 3.05. The Labute approximate surface area is 113 Å². The summed E-state index contributed by atoms with van der Waals surface area (Å²) in [5.74, 6) is 0.943.